The molecule has 5 heteroatoms. The number of benzene rings is 1. The predicted octanol–water partition coefficient (Wildman–Crippen LogP) is 3.79. The Labute approximate surface area is 129 Å². The van der Waals surface area contributed by atoms with E-state index < -0.39 is 0 Å². The summed E-state index contributed by atoms with van der Waals surface area (Å²) in [5.74, 6) is 0. The zero-order chi connectivity index (χ0) is 14.7. The maximum Gasteiger partial charge on any atom is 0.192 e. The average molecular weight is 308 g/mol. The van der Waals surface area contributed by atoms with Crippen molar-refractivity contribution in [3.05, 3.63) is 46.2 Å². The molecule has 2 rings (SSSR count). The lowest BCUT2D eigenvalue weighted by Gasteiger charge is -2.09. The molecule has 0 bridgehead atoms. The minimum atomic E-state index is 0.105. The largest absolute Gasteiger partial charge is 0.328 e. The highest BCUT2D eigenvalue weighted by atomic mass is 35.5. The molecule has 0 spiro atoms. The van der Waals surface area contributed by atoms with E-state index in [0.717, 1.165) is 38.4 Å². The summed E-state index contributed by atoms with van der Waals surface area (Å²) in [6.07, 6.45) is 0.782. The fourth-order valence-corrected chi connectivity index (χ4v) is 3.17. The zero-order valence-corrected chi connectivity index (χ0v) is 13.4. The lowest BCUT2D eigenvalue weighted by atomic mass is 10.1. The van der Waals surface area contributed by atoms with Crippen LogP contribution in [0.25, 0.3) is 0 Å². The van der Waals surface area contributed by atoms with Crippen LogP contribution >= 0.6 is 23.4 Å². The minimum Gasteiger partial charge on any atom is -0.328 e. The molecule has 1 aromatic carbocycles. The Kier molecular flexibility index (Phi) is 5.02. The predicted molar refractivity (Wildman–Crippen MR) is 84.4 cm³/mol. The standard InChI is InChI=1S/C15H18ClN3S/c1-9(17)6-12-4-5-13(8-14(12)16)20-15-18-10(2)7-11(3)19-15/h4-5,7-9H,6,17H2,1-3H3. The first-order valence-corrected chi connectivity index (χ1v) is 7.67. The zero-order valence-electron chi connectivity index (χ0n) is 11.9. The molecular formula is C15H18ClN3S. The Bertz CT molecular complexity index is 594. The number of hydrogen-bond donors (Lipinski definition) is 1. The lowest BCUT2D eigenvalue weighted by molar-refractivity contribution is 0.738. The third-order valence-electron chi connectivity index (χ3n) is 2.74. The van der Waals surface area contributed by atoms with Gasteiger partial charge in [0.2, 0.25) is 0 Å². The monoisotopic (exact) mass is 307 g/mol. The summed E-state index contributed by atoms with van der Waals surface area (Å²) in [4.78, 5) is 9.87. The SMILES string of the molecule is Cc1cc(C)nc(Sc2ccc(CC(C)N)c(Cl)c2)n1. The van der Waals surface area contributed by atoms with Crippen LogP contribution in [0.5, 0.6) is 0 Å². The fourth-order valence-electron chi connectivity index (χ4n) is 1.95. The molecule has 1 unspecified atom stereocenters. The third kappa shape index (κ3) is 4.20. The number of hydrogen-bond acceptors (Lipinski definition) is 4. The van der Waals surface area contributed by atoms with E-state index >= 15 is 0 Å². The third-order valence-corrected chi connectivity index (χ3v) is 3.94. The van der Waals surface area contributed by atoms with E-state index in [0.29, 0.717) is 0 Å². The first kappa shape index (κ1) is 15.3. The Balaban J connectivity index is 2.19. The Morgan fingerprint density at radius 2 is 1.85 bits per heavy atom. The van der Waals surface area contributed by atoms with Crippen molar-refractivity contribution in [2.45, 2.75) is 43.3 Å². The van der Waals surface area contributed by atoms with Crippen LogP contribution in [0.15, 0.2) is 34.3 Å². The van der Waals surface area contributed by atoms with E-state index in [2.05, 4.69) is 9.97 Å². The van der Waals surface area contributed by atoms with E-state index in [-0.39, 0.29) is 6.04 Å². The fraction of sp³-hybridized carbons (Fsp3) is 0.333. The van der Waals surface area contributed by atoms with Gasteiger partial charge >= 0.3 is 0 Å². The van der Waals surface area contributed by atoms with E-state index in [1.165, 1.54) is 11.8 Å². The topological polar surface area (TPSA) is 51.8 Å². The van der Waals surface area contributed by atoms with Gasteiger partial charge < -0.3 is 5.73 Å². The van der Waals surface area contributed by atoms with Crippen LogP contribution in [-0.2, 0) is 6.42 Å². The van der Waals surface area contributed by atoms with Crippen molar-refractivity contribution in [3.63, 3.8) is 0 Å². The van der Waals surface area contributed by atoms with Crippen molar-refractivity contribution in [1.29, 1.82) is 0 Å². The number of rotatable bonds is 4. The smallest absolute Gasteiger partial charge is 0.192 e. The second-order valence-electron chi connectivity index (χ2n) is 4.97. The molecule has 0 aliphatic heterocycles. The number of halogens is 1. The maximum absolute atomic E-state index is 6.29. The van der Waals surface area contributed by atoms with Gasteiger partial charge in [0.15, 0.2) is 5.16 Å². The highest BCUT2D eigenvalue weighted by molar-refractivity contribution is 7.99. The first-order valence-electron chi connectivity index (χ1n) is 6.48. The molecule has 1 heterocycles. The quantitative estimate of drug-likeness (QED) is 0.873. The van der Waals surface area contributed by atoms with Gasteiger partial charge in [-0.3, -0.25) is 0 Å². The lowest BCUT2D eigenvalue weighted by Crippen LogP contribution is -2.17. The summed E-state index contributed by atoms with van der Waals surface area (Å²) < 4.78 is 0. The van der Waals surface area contributed by atoms with Gasteiger partial charge in [-0.25, -0.2) is 9.97 Å². The van der Waals surface area contributed by atoms with Crippen molar-refractivity contribution in [2.24, 2.45) is 5.73 Å². The molecule has 1 atom stereocenters. The van der Waals surface area contributed by atoms with Crippen LogP contribution < -0.4 is 5.73 Å². The molecule has 3 nitrogen and oxygen atoms in total. The normalized spacial score (nSPS) is 12.4. The Hall–Kier alpha value is -1.10. The summed E-state index contributed by atoms with van der Waals surface area (Å²) in [7, 11) is 0. The first-order chi connectivity index (χ1) is 9.44. The van der Waals surface area contributed by atoms with E-state index in [4.69, 9.17) is 17.3 Å². The average Bonchev–Trinajstić information content (AvgIpc) is 2.31. The molecule has 0 fully saturated rings. The second kappa shape index (κ2) is 6.57. The van der Waals surface area contributed by atoms with Crippen LogP contribution in [0.4, 0.5) is 0 Å². The summed E-state index contributed by atoms with van der Waals surface area (Å²) in [6, 6.07) is 8.08. The van der Waals surface area contributed by atoms with Gasteiger partial charge in [0, 0.05) is 27.3 Å². The number of aromatic nitrogens is 2. The van der Waals surface area contributed by atoms with E-state index in [9.17, 15) is 0 Å². The molecule has 0 aliphatic rings. The van der Waals surface area contributed by atoms with Gasteiger partial charge in [0.25, 0.3) is 0 Å². The molecular weight excluding hydrogens is 290 g/mol. The molecule has 0 saturated carbocycles. The van der Waals surface area contributed by atoms with Crippen molar-refractivity contribution in [2.75, 3.05) is 0 Å². The highest BCUT2D eigenvalue weighted by Crippen LogP contribution is 2.29. The van der Waals surface area contributed by atoms with Gasteiger partial charge in [-0.05, 0) is 62.7 Å². The van der Waals surface area contributed by atoms with Crippen LogP contribution in [0, 0.1) is 13.8 Å². The van der Waals surface area contributed by atoms with Crippen molar-refractivity contribution >= 4 is 23.4 Å². The maximum atomic E-state index is 6.29. The van der Waals surface area contributed by atoms with Crippen molar-refractivity contribution in [1.82, 2.24) is 9.97 Å². The minimum absolute atomic E-state index is 0.105. The number of nitrogens with two attached hydrogens (primary N) is 1. The van der Waals surface area contributed by atoms with E-state index in [1.807, 2.05) is 45.0 Å². The van der Waals surface area contributed by atoms with Gasteiger partial charge in [0.05, 0.1) is 0 Å². The van der Waals surface area contributed by atoms with Crippen LogP contribution in [0.1, 0.15) is 23.9 Å². The second-order valence-corrected chi connectivity index (χ2v) is 6.42. The Morgan fingerprint density at radius 3 is 2.40 bits per heavy atom. The van der Waals surface area contributed by atoms with Gasteiger partial charge in [-0.2, -0.15) is 0 Å². The van der Waals surface area contributed by atoms with Gasteiger partial charge in [-0.15, -0.1) is 0 Å². The summed E-state index contributed by atoms with van der Waals surface area (Å²) >= 11 is 7.81. The molecule has 0 aliphatic carbocycles. The number of nitrogens with zero attached hydrogens (tertiary/aromatic N) is 2. The van der Waals surface area contributed by atoms with Crippen LogP contribution in [0.2, 0.25) is 5.02 Å². The highest BCUT2D eigenvalue weighted by Gasteiger charge is 2.07. The van der Waals surface area contributed by atoms with Crippen LogP contribution in [0.3, 0.4) is 0 Å². The molecule has 2 aromatic rings. The van der Waals surface area contributed by atoms with Crippen molar-refractivity contribution in [3.8, 4) is 0 Å². The molecule has 1 aromatic heterocycles. The molecule has 0 radical (unpaired) electrons. The van der Waals surface area contributed by atoms with Crippen molar-refractivity contribution < 1.29 is 0 Å². The molecule has 0 saturated heterocycles. The van der Waals surface area contributed by atoms with E-state index in [1.54, 1.807) is 0 Å². The summed E-state index contributed by atoms with van der Waals surface area (Å²) in [6.45, 7) is 5.91. The van der Waals surface area contributed by atoms with Gasteiger partial charge in [-0.1, -0.05) is 17.7 Å². The molecule has 2 N–H and O–H groups in total. The Morgan fingerprint density at radius 1 is 1.20 bits per heavy atom. The molecule has 20 heavy (non-hydrogen) atoms. The molecule has 106 valence electrons. The summed E-state index contributed by atoms with van der Waals surface area (Å²) in [5, 5.41) is 1.50. The van der Waals surface area contributed by atoms with Crippen LogP contribution in [-0.4, -0.2) is 16.0 Å². The van der Waals surface area contributed by atoms with Gasteiger partial charge in [0.1, 0.15) is 0 Å². The number of aryl methyl sites for hydroxylation is 2. The summed E-state index contributed by atoms with van der Waals surface area (Å²) in [5.41, 5.74) is 8.82. The molecule has 0 amide bonds.